The maximum Gasteiger partial charge on any atom is 0.159 e. The van der Waals surface area contributed by atoms with Crippen molar-refractivity contribution in [1.29, 1.82) is 0 Å². The quantitative estimate of drug-likeness (QED) is 0.515. The second kappa shape index (κ2) is 2.57. The van der Waals surface area contributed by atoms with Gasteiger partial charge in [0.15, 0.2) is 5.78 Å². The van der Waals surface area contributed by atoms with Crippen LogP contribution in [0.2, 0.25) is 0 Å². The predicted octanol–water partition coefficient (Wildman–Crippen LogP) is 2.34. The van der Waals surface area contributed by atoms with Crippen molar-refractivity contribution in [3.63, 3.8) is 0 Å². The highest BCUT2D eigenvalue weighted by Crippen LogP contribution is 2.46. The summed E-state index contributed by atoms with van der Waals surface area (Å²) in [7, 11) is 0. The van der Waals surface area contributed by atoms with Crippen molar-refractivity contribution in [1.82, 2.24) is 0 Å². The largest absolute Gasteiger partial charge is 0.295 e. The van der Waals surface area contributed by atoms with E-state index in [0.717, 1.165) is 0 Å². The summed E-state index contributed by atoms with van der Waals surface area (Å²) >= 11 is 0. The Balaban J connectivity index is 2.04. The summed E-state index contributed by atoms with van der Waals surface area (Å²) in [5.41, 5.74) is 0. The first-order valence-corrected chi connectivity index (χ1v) is 5.26. The Bertz CT molecular complexity index is 300. The van der Waals surface area contributed by atoms with Gasteiger partial charge in [-0.2, -0.15) is 0 Å². The number of allylic oxidation sites excluding steroid dienone is 4. The molecule has 4 aliphatic rings. The third-order valence-electron chi connectivity index (χ3n) is 3.86. The lowest BCUT2D eigenvalue weighted by Crippen LogP contribution is -2.29. The number of hydrogen-bond acceptors (Lipinski definition) is 1. The van der Waals surface area contributed by atoms with Gasteiger partial charge in [0.05, 0.1) is 0 Å². The van der Waals surface area contributed by atoms with E-state index in [2.05, 4.69) is 18.2 Å². The lowest BCUT2D eigenvalue weighted by molar-refractivity contribution is -0.119. The molecule has 4 rings (SSSR count). The van der Waals surface area contributed by atoms with Crippen LogP contribution in [0, 0.1) is 23.7 Å². The minimum absolute atomic E-state index is 0.317. The fourth-order valence-corrected chi connectivity index (χ4v) is 3.22. The molecule has 0 aromatic carbocycles. The Morgan fingerprint density at radius 3 is 2.77 bits per heavy atom. The van der Waals surface area contributed by atoms with Crippen LogP contribution in [0.15, 0.2) is 24.3 Å². The highest BCUT2D eigenvalue weighted by atomic mass is 16.1. The molecule has 1 nitrogen and oxygen atoms in total. The molecule has 2 bridgehead atoms. The van der Waals surface area contributed by atoms with Crippen molar-refractivity contribution < 1.29 is 4.79 Å². The lowest BCUT2D eigenvalue weighted by Gasteiger charge is -2.29. The maximum atomic E-state index is 11.6. The first-order chi connectivity index (χ1) is 6.36. The van der Waals surface area contributed by atoms with Crippen molar-refractivity contribution in [3.8, 4) is 0 Å². The third-order valence-corrected chi connectivity index (χ3v) is 3.86. The Morgan fingerprint density at radius 2 is 1.85 bits per heavy atom. The molecule has 4 atom stereocenters. The number of rotatable bonds is 0. The zero-order valence-electron chi connectivity index (χ0n) is 7.65. The number of hydrogen-bond donors (Lipinski definition) is 0. The summed E-state index contributed by atoms with van der Waals surface area (Å²) in [5, 5.41) is 0. The fraction of sp³-hybridized carbons (Fsp3) is 0.583. The van der Waals surface area contributed by atoms with Crippen molar-refractivity contribution in [2.24, 2.45) is 23.7 Å². The molecule has 0 heterocycles. The lowest BCUT2D eigenvalue weighted by atomic mass is 9.73. The molecular weight excluding hydrogens is 160 g/mol. The van der Waals surface area contributed by atoms with E-state index < -0.39 is 0 Å². The van der Waals surface area contributed by atoms with Crippen LogP contribution in [0.4, 0.5) is 0 Å². The van der Waals surface area contributed by atoms with Gasteiger partial charge in [-0.25, -0.2) is 0 Å². The fourth-order valence-electron chi connectivity index (χ4n) is 3.22. The summed E-state index contributed by atoms with van der Waals surface area (Å²) in [6.07, 6.45) is 12.4. The zero-order chi connectivity index (χ0) is 8.84. The predicted molar refractivity (Wildman–Crippen MR) is 51.1 cm³/mol. The van der Waals surface area contributed by atoms with Gasteiger partial charge in [-0.1, -0.05) is 24.6 Å². The molecule has 0 N–H and O–H groups in total. The monoisotopic (exact) mass is 174 g/mol. The third kappa shape index (κ3) is 0.962. The van der Waals surface area contributed by atoms with E-state index in [9.17, 15) is 4.79 Å². The summed E-state index contributed by atoms with van der Waals surface area (Å²) in [6, 6.07) is 0. The highest BCUT2D eigenvalue weighted by Gasteiger charge is 2.42. The number of fused-ring (bicyclic) bond motifs is 2. The van der Waals surface area contributed by atoms with Crippen molar-refractivity contribution in [2.45, 2.75) is 19.3 Å². The minimum Gasteiger partial charge on any atom is -0.295 e. The van der Waals surface area contributed by atoms with Crippen molar-refractivity contribution in [2.75, 3.05) is 0 Å². The molecule has 0 aromatic rings. The van der Waals surface area contributed by atoms with Gasteiger partial charge >= 0.3 is 0 Å². The van der Waals surface area contributed by atoms with Crippen molar-refractivity contribution in [3.05, 3.63) is 24.3 Å². The van der Waals surface area contributed by atoms with Gasteiger partial charge in [0.25, 0.3) is 0 Å². The van der Waals surface area contributed by atoms with Gasteiger partial charge in [-0.3, -0.25) is 4.79 Å². The molecule has 0 amide bonds. The molecular formula is C12H14O. The van der Waals surface area contributed by atoms with E-state index in [-0.39, 0.29) is 0 Å². The zero-order valence-corrected chi connectivity index (χ0v) is 7.65. The van der Waals surface area contributed by atoms with Crippen LogP contribution in [0.3, 0.4) is 0 Å². The van der Waals surface area contributed by atoms with Crippen LogP contribution in [-0.4, -0.2) is 5.78 Å². The molecule has 1 fully saturated rings. The summed E-state index contributed by atoms with van der Waals surface area (Å²) < 4.78 is 0. The average molecular weight is 174 g/mol. The Morgan fingerprint density at radius 1 is 1.08 bits per heavy atom. The van der Waals surface area contributed by atoms with E-state index in [1.165, 1.54) is 19.3 Å². The Labute approximate surface area is 78.5 Å². The SMILES string of the molecule is O=C1C=C[C@@H]2[C@H]1[C@@H]1C=C[C@H]2CCC1. The van der Waals surface area contributed by atoms with Gasteiger partial charge < -0.3 is 0 Å². The molecule has 0 saturated heterocycles. The second-order valence-corrected chi connectivity index (χ2v) is 4.51. The van der Waals surface area contributed by atoms with Crippen LogP contribution < -0.4 is 0 Å². The van der Waals surface area contributed by atoms with Gasteiger partial charge in [-0.05, 0) is 36.7 Å². The smallest absolute Gasteiger partial charge is 0.159 e. The number of carbonyl (C=O) groups excluding carboxylic acids is 1. The molecule has 4 aliphatic carbocycles. The van der Waals surface area contributed by atoms with Crippen LogP contribution in [0.5, 0.6) is 0 Å². The van der Waals surface area contributed by atoms with Crippen LogP contribution >= 0.6 is 0 Å². The molecule has 1 saturated carbocycles. The van der Waals surface area contributed by atoms with Crippen LogP contribution in [0.1, 0.15) is 19.3 Å². The van der Waals surface area contributed by atoms with Gasteiger partial charge in [-0.15, -0.1) is 0 Å². The number of ketones is 1. The average Bonchev–Trinajstić information content (AvgIpc) is 2.40. The number of carbonyl (C=O) groups is 1. The van der Waals surface area contributed by atoms with E-state index in [4.69, 9.17) is 0 Å². The van der Waals surface area contributed by atoms with Crippen LogP contribution in [0.25, 0.3) is 0 Å². The Kier molecular flexibility index (Phi) is 1.49. The van der Waals surface area contributed by atoms with E-state index in [1.807, 2.05) is 6.08 Å². The van der Waals surface area contributed by atoms with Gasteiger partial charge in [0.1, 0.15) is 0 Å². The molecule has 1 heteroatoms. The molecule has 0 aromatic heterocycles. The normalized spacial score (nSPS) is 46.6. The molecule has 0 radical (unpaired) electrons. The Hall–Kier alpha value is -0.850. The minimum atomic E-state index is 0.317. The molecule has 0 unspecified atom stereocenters. The highest BCUT2D eigenvalue weighted by molar-refractivity contribution is 5.95. The molecule has 0 aliphatic heterocycles. The van der Waals surface area contributed by atoms with Crippen LogP contribution in [-0.2, 0) is 4.79 Å². The van der Waals surface area contributed by atoms with Gasteiger partial charge in [0.2, 0.25) is 0 Å². The molecule has 13 heavy (non-hydrogen) atoms. The standard InChI is InChI=1S/C12H14O/c13-11-7-6-10-8-2-1-3-9(5-4-8)12(10)11/h4-10,12H,1-3H2/t8-,9+,10+,12-/m1/s1. The second-order valence-electron chi connectivity index (χ2n) is 4.51. The summed E-state index contributed by atoms with van der Waals surface area (Å²) in [5.74, 6) is 2.45. The van der Waals surface area contributed by atoms with E-state index in [0.29, 0.717) is 29.5 Å². The first kappa shape index (κ1) is 7.54. The summed E-state index contributed by atoms with van der Waals surface area (Å²) in [6.45, 7) is 0. The van der Waals surface area contributed by atoms with Crippen molar-refractivity contribution >= 4 is 5.78 Å². The first-order valence-electron chi connectivity index (χ1n) is 5.26. The van der Waals surface area contributed by atoms with E-state index in [1.54, 1.807) is 0 Å². The van der Waals surface area contributed by atoms with E-state index >= 15 is 0 Å². The topological polar surface area (TPSA) is 17.1 Å². The maximum absolute atomic E-state index is 11.6. The molecule has 68 valence electrons. The molecule has 0 spiro atoms. The summed E-state index contributed by atoms with van der Waals surface area (Å²) in [4.78, 5) is 11.6. The van der Waals surface area contributed by atoms with Gasteiger partial charge in [0, 0.05) is 5.92 Å².